The first kappa shape index (κ1) is 16.5. The molecule has 0 aliphatic heterocycles. The molecule has 0 aliphatic rings. The number of carbonyl (C=O) groups excluding carboxylic acids is 2. The Morgan fingerprint density at radius 2 is 1.54 bits per heavy atom. The number of carboxylic acid groups (broad SMARTS) is 1. The van der Waals surface area contributed by atoms with E-state index < -0.39 is 38.5 Å². The van der Waals surface area contributed by atoms with Crippen molar-refractivity contribution in [2.45, 2.75) is 0 Å². The number of nitrogens with zero attached hydrogens (tertiary/aromatic N) is 2. The van der Waals surface area contributed by atoms with Crippen molar-refractivity contribution in [3.05, 3.63) is 73.8 Å². The Morgan fingerprint density at radius 3 is 2.04 bits per heavy atom. The number of nitro groups is 2. The number of nitro benzene ring substituents is 2. The van der Waals surface area contributed by atoms with Crippen molar-refractivity contribution in [3.63, 3.8) is 0 Å². The zero-order valence-corrected chi connectivity index (χ0v) is 11.8. The van der Waals surface area contributed by atoms with E-state index in [9.17, 15) is 34.9 Å². The van der Waals surface area contributed by atoms with Crippen molar-refractivity contribution in [2.75, 3.05) is 5.32 Å². The smallest absolute Gasteiger partial charge is 0.282 e. The second kappa shape index (κ2) is 6.52. The predicted octanol–water partition coefficient (Wildman–Crippen LogP) is 1.12. The third-order valence-electron chi connectivity index (χ3n) is 3.02. The van der Waals surface area contributed by atoms with Crippen molar-refractivity contribution >= 4 is 28.9 Å². The Hall–Kier alpha value is -3.82. The van der Waals surface area contributed by atoms with Crippen molar-refractivity contribution in [1.82, 2.24) is 0 Å². The largest absolute Gasteiger partial charge is 0.545 e. The summed E-state index contributed by atoms with van der Waals surface area (Å²) in [6, 6.07) is 7.77. The van der Waals surface area contributed by atoms with Gasteiger partial charge in [-0.05, 0) is 12.1 Å². The third kappa shape index (κ3) is 3.32. The van der Waals surface area contributed by atoms with Gasteiger partial charge in [0, 0.05) is 29.4 Å². The van der Waals surface area contributed by atoms with E-state index in [1.54, 1.807) is 0 Å². The molecule has 0 unspecified atom stereocenters. The van der Waals surface area contributed by atoms with Crippen LogP contribution < -0.4 is 10.4 Å². The maximum atomic E-state index is 12.2. The lowest BCUT2D eigenvalue weighted by Crippen LogP contribution is -2.27. The molecule has 2 aromatic rings. The summed E-state index contributed by atoms with van der Waals surface area (Å²) < 4.78 is 0. The molecule has 0 aliphatic carbocycles. The van der Waals surface area contributed by atoms with Crippen molar-refractivity contribution in [2.24, 2.45) is 0 Å². The first-order valence-electron chi connectivity index (χ1n) is 6.36. The lowest BCUT2D eigenvalue weighted by molar-refractivity contribution is -0.385. The quantitative estimate of drug-likeness (QED) is 0.635. The minimum Gasteiger partial charge on any atom is -0.545 e. The van der Waals surface area contributed by atoms with Gasteiger partial charge in [0.25, 0.3) is 17.3 Å². The van der Waals surface area contributed by atoms with Crippen LogP contribution in [0.1, 0.15) is 20.7 Å². The lowest BCUT2D eigenvalue weighted by atomic mass is 10.0. The zero-order valence-electron chi connectivity index (χ0n) is 11.8. The van der Waals surface area contributed by atoms with Crippen LogP contribution in [-0.2, 0) is 0 Å². The average Bonchev–Trinajstić information content (AvgIpc) is 2.54. The minimum atomic E-state index is -1.74. The van der Waals surface area contributed by atoms with Gasteiger partial charge in [-0.25, -0.2) is 0 Å². The first-order chi connectivity index (χ1) is 11.3. The maximum absolute atomic E-state index is 12.2. The maximum Gasteiger partial charge on any atom is 0.282 e. The molecule has 10 heteroatoms. The van der Waals surface area contributed by atoms with Crippen LogP contribution >= 0.6 is 0 Å². The summed E-state index contributed by atoms with van der Waals surface area (Å²) in [5.41, 5.74) is -2.11. The molecule has 0 aromatic heterocycles. The molecule has 0 bridgehead atoms. The molecule has 0 radical (unpaired) electrons. The number of carboxylic acids is 1. The highest BCUT2D eigenvalue weighted by Crippen LogP contribution is 2.24. The average molecular weight is 330 g/mol. The SMILES string of the molecule is O=C([O-])c1cccc([N+](=O)[O-])c1C(=O)Nc1ccc([N+](=O)[O-])cc1. The van der Waals surface area contributed by atoms with Gasteiger partial charge in [-0.15, -0.1) is 0 Å². The number of hydrogen-bond acceptors (Lipinski definition) is 7. The van der Waals surface area contributed by atoms with Crippen LogP contribution in [0.5, 0.6) is 0 Å². The van der Waals surface area contributed by atoms with Gasteiger partial charge in [0.05, 0.1) is 15.8 Å². The van der Waals surface area contributed by atoms with E-state index in [-0.39, 0.29) is 11.4 Å². The molecular weight excluding hydrogens is 322 g/mol. The molecule has 0 heterocycles. The second-order valence-electron chi connectivity index (χ2n) is 4.50. The standard InChI is InChI=1S/C14H9N3O7/c18-13(15-8-4-6-9(7-5-8)16(21)22)12-10(14(19)20)2-1-3-11(12)17(23)24/h1-7H,(H,15,18)(H,19,20)/p-1. The normalized spacial score (nSPS) is 10.0. The van der Waals surface area contributed by atoms with Crippen LogP contribution in [0.2, 0.25) is 0 Å². The monoisotopic (exact) mass is 330 g/mol. The fourth-order valence-electron chi connectivity index (χ4n) is 1.96. The Morgan fingerprint density at radius 1 is 0.917 bits per heavy atom. The van der Waals surface area contributed by atoms with Gasteiger partial charge in [0.2, 0.25) is 0 Å². The summed E-state index contributed by atoms with van der Waals surface area (Å²) in [6.45, 7) is 0. The topological polar surface area (TPSA) is 156 Å². The van der Waals surface area contributed by atoms with Crippen molar-refractivity contribution in [1.29, 1.82) is 0 Å². The molecule has 2 aromatic carbocycles. The highest BCUT2D eigenvalue weighted by Gasteiger charge is 2.24. The van der Waals surface area contributed by atoms with Crippen LogP contribution in [-0.4, -0.2) is 21.7 Å². The molecule has 0 saturated carbocycles. The molecule has 1 amide bonds. The van der Waals surface area contributed by atoms with Crippen molar-refractivity contribution in [3.8, 4) is 0 Å². The van der Waals surface area contributed by atoms with Crippen LogP contribution in [0.25, 0.3) is 0 Å². The fourth-order valence-corrected chi connectivity index (χ4v) is 1.96. The summed E-state index contributed by atoms with van der Waals surface area (Å²) >= 11 is 0. The highest BCUT2D eigenvalue weighted by atomic mass is 16.6. The van der Waals surface area contributed by atoms with Gasteiger partial charge in [-0.2, -0.15) is 0 Å². The molecule has 10 nitrogen and oxygen atoms in total. The fraction of sp³-hybridized carbons (Fsp3) is 0. The Bertz CT molecular complexity index is 814. The van der Waals surface area contributed by atoms with E-state index >= 15 is 0 Å². The summed E-state index contributed by atoms with van der Waals surface area (Å²) in [6.07, 6.45) is 0. The van der Waals surface area contributed by atoms with E-state index in [0.717, 1.165) is 30.3 Å². The minimum absolute atomic E-state index is 0.105. The molecule has 122 valence electrons. The highest BCUT2D eigenvalue weighted by molar-refractivity contribution is 6.13. The molecule has 2 rings (SSSR count). The number of hydrogen-bond donors (Lipinski definition) is 1. The van der Waals surface area contributed by atoms with E-state index in [2.05, 4.69) is 5.32 Å². The van der Waals surface area contributed by atoms with Gasteiger partial charge in [-0.3, -0.25) is 25.0 Å². The molecule has 1 N–H and O–H groups in total. The molecule has 0 fully saturated rings. The molecule has 0 atom stereocenters. The summed E-state index contributed by atoms with van der Waals surface area (Å²) in [5.74, 6) is -2.79. The van der Waals surface area contributed by atoms with Gasteiger partial charge in [-0.1, -0.05) is 12.1 Å². The number of benzene rings is 2. The Labute approximate surface area is 133 Å². The Balaban J connectivity index is 2.40. The number of anilines is 1. The summed E-state index contributed by atoms with van der Waals surface area (Å²) in [5, 5.41) is 34.9. The van der Waals surface area contributed by atoms with E-state index in [0.29, 0.717) is 0 Å². The zero-order chi connectivity index (χ0) is 17.9. The van der Waals surface area contributed by atoms with Gasteiger partial charge in [0.15, 0.2) is 0 Å². The van der Waals surface area contributed by atoms with Crippen LogP contribution in [0.15, 0.2) is 42.5 Å². The van der Waals surface area contributed by atoms with Crippen LogP contribution in [0.3, 0.4) is 0 Å². The third-order valence-corrected chi connectivity index (χ3v) is 3.02. The summed E-state index contributed by atoms with van der Waals surface area (Å²) in [7, 11) is 0. The number of amides is 1. The van der Waals surface area contributed by atoms with E-state index in [1.807, 2.05) is 0 Å². The van der Waals surface area contributed by atoms with Crippen LogP contribution in [0, 0.1) is 20.2 Å². The number of nitrogens with one attached hydrogen (secondary N) is 1. The predicted molar refractivity (Wildman–Crippen MR) is 78.5 cm³/mol. The van der Waals surface area contributed by atoms with E-state index in [1.165, 1.54) is 12.1 Å². The van der Waals surface area contributed by atoms with Crippen molar-refractivity contribution < 1.29 is 24.5 Å². The number of rotatable bonds is 5. The molecule has 0 spiro atoms. The second-order valence-corrected chi connectivity index (χ2v) is 4.50. The van der Waals surface area contributed by atoms with Gasteiger partial charge in [0.1, 0.15) is 5.56 Å². The Kier molecular flexibility index (Phi) is 4.50. The number of non-ortho nitro benzene ring substituents is 1. The molecule has 0 saturated heterocycles. The molecular formula is C14H8N3O7-. The number of carbonyl (C=O) groups is 2. The molecule has 24 heavy (non-hydrogen) atoms. The summed E-state index contributed by atoms with van der Waals surface area (Å²) in [4.78, 5) is 43.4. The van der Waals surface area contributed by atoms with Gasteiger partial charge >= 0.3 is 0 Å². The van der Waals surface area contributed by atoms with Crippen LogP contribution in [0.4, 0.5) is 17.1 Å². The number of aromatic carboxylic acids is 1. The lowest BCUT2D eigenvalue weighted by Gasteiger charge is -2.11. The first-order valence-corrected chi connectivity index (χ1v) is 6.36. The van der Waals surface area contributed by atoms with Gasteiger partial charge < -0.3 is 15.2 Å². The van der Waals surface area contributed by atoms with E-state index in [4.69, 9.17) is 0 Å².